The van der Waals surface area contributed by atoms with Crippen molar-refractivity contribution in [1.29, 1.82) is 0 Å². The van der Waals surface area contributed by atoms with Crippen LogP contribution in [0.1, 0.15) is 11.3 Å². The van der Waals surface area contributed by atoms with Crippen LogP contribution in [0.5, 0.6) is 5.75 Å². The van der Waals surface area contributed by atoms with E-state index in [1.807, 2.05) is 25.1 Å². The number of halogens is 1. The number of aromatic nitrogens is 1. The maximum Gasteiger partial charge on any atom is 0.165 e. The molecule has 0 amide bonds. The molecule has 0 radical (unpaired) electrons. The van der Waals surface area contributed by atoms with E-state index in [0.717, 1.165) is 16.9 Å². The third-order valence-electron chi connectivity index (χ3n) is 2.71. The number of hydrogen-bond acceptors (Lipinski definition) is 3. The lowest BCUT2D eigenvalue weighted by molar-refractivity contribution is 0.386. The molecule has 1 N–H and O–H groups in total. The van der Waals surface area contributed by atoms with Crippen molar-refractivity contribution in [2.24, 2.45) is 0 Å². The molecule has 0 fully saturated rings. The standard InChI is InChI=1S/C14H15FN2O/c1-10-13(4-3-7-16-10)17-9-11-5-6-14(18-2)12(15)8-11/h3-8,17H,9H2,1-2H3. The Morgan fingerprint density at radius 2 is 2.17 bits per heavy atom. The molecule has 2 rings (SSSR count). The Kier molecular flexibility index (Phi) is 3.77. The number of aryl methyl sites for hydroxylation is 1. The van der Waals surface area contributed by atoms with Gasteiger partial charge in [-0.15, -0.1) is 0 Å². The quantitative estimate of drug-likeness (QED) is 0.899. The predicted molar refractivity (Wildman–Crippen MR) is 69.3 cm³/mol. The van der Waals surface area contributed by atoms with E-state index in [4.69, 9.17) is 4.74 Å². The zero-order chi connectivity index (χ0) is 13.0. The highest BCUT2D eigenvalue weighted by Gasteiger charge is 2.04. The fourth-order valence-electron chi connectivity index (χ4n) is 1.69. The van der Waals surface area contributed by atoms with Crippen LogP contribution in [0.2, 0.25) is 0 Å². The van der Waals surface area contributed by atoms with Gasteiger partial charge in [0.15, 0.2) is 11.6 Å². The first-order chi connectivity index (χ1) is 8.70. The third-order valence-corrected chi connectivity index (χ3v) is 2.71. The summed E-state index contributed by atoms with van der Waals surface area (Å²) in [6, 6.07) is 8.74. The van der Waals surface area contributed by atoms with Crippen molar-refractivity contribution >= 4 is 5.69 Å². The predicted octanol–water partition coefficient (Wildman–Crippen LogP) is 3.15. The van der Waals surface area contributed by atoms with Crippen LogP contribution in [0, 0.1) is 12.7 Å². The second-order valence-electron chi connectivity index (χ2n) is 3.96. The summed E-state index contributed by atoms with van der Waals surface area (Å²) in [7, 11) is 1.45. The van der Waals surface area contributed by atoms with Gasteiger partial charge in [-0.05, 0) is 36.8 Å². The van der Waals surface area contributed by atoms with Crippen LogP contribution < -0.4 is 10.1 Å². The van der Waals surface area contributed by atoms with Crippen molar-refractivity contribution in [1.82, 2.24) is 4.98 Å². The van der Waals surface area contributed by atoms with E-state index in [-0.39, 0.29) is 11.6 Å². The average molecular weight is 246 g/mol. The number of nitrogens with one attached hydrogen (secondary N) is 1. The number of benzene rings is 1. The van der Waals surface area contributed by atoms with Gasteiger partial charge in [0.2, 0.25) is 0 Å². The molecule has 0 aliphatic rings. The minimum atomic E-state index is -0.347. The first-order valence-corrected chi connectivity index (χ1v) is 5.68. The Morgan fingerprint density at radius 3 is 2.83 bits per heavy atom. The molecule has 0 saturated heterocycles. The number of rotatable bonds is 4. The van der Waals surface area contributed by atoms with Crippen LogP contribution in [-0.4, -0.2) is 12.1 Å². The number of nitrogens with zero attached hydrogens (tertiary/aromatic N) is 1. The lowest BCUT2D eigenvalue weighted by Gasteiger charge is -2.09. The maximum absolute atomic E-state index is 13.5. The van der Waals surface area contributed by atoms with E-state index in [1.165, 1.54) is 13.2 Å². The molecule has 0 spiro atoms. The second kappa shape index (κ2) is 5.49. The van der Waals surface area contributed by atoms with Crippen LogP contribution in [-0.2, 0) is 6.54 Å². The molecule has 3 nitrogen and oxygen atoms in total. The fraction of sp³-hybridized carbons (Fsp3) is 0.214. The number of hydrogen-bond donors (Lipinski definition) is 1. The lowest BCUT2D eigenvalue weighted by atomic mass is 10.2. The molecule has 0 bridgehead atoms. The van der Waals surface area contributed by atoms with Gasteiger partial charge in [0.05, 0.1) is 18.5 Å². The number of pyridine rings is 1. The minimum absolute atomic E-state index is 0.260. The molecule has 0 saturated carbocycles. The van der Waals surface area contributed by atoms with Gasteiger partial charge in [0, 0.05) is 12.7 Å². The summed E-state index contributed by atoms with van der Waals surface area (Å²) in [4.78, 5) is 4.18. The summed E-state index contributed by atoms with van der Waals surface area (Å²) in [6.07, 6.45) is 1.74. The molecule has 4 heteroatoms. The minimum Gasteiger partial charge on any atom is -0.494 e. The lowest BCUT2D eigenvalue weighted by Crippen LogP contribution is -2.02. The normalized spacial score (nSPS) is 10.2. The molecule has 1 aromatic carbocycles. The van der Waals surface area contributed by atoms with Crippen molar-refractivity contribution in [3.8, 4) is 5.75 Å². The largest absolute Gasteiger partial charge is 0.494 e. The van der Waals surface area contributed by atoms with Gasteiger partial charge in [-0.1, -0.05) is 6.07 Å². The molecule has 2 aromatic rings. The zero-order valence-corrected chi connectivity index (χ0v) is 10.4. The fourth-order valence-corrected chi connectivity index (χ4v) is 1.69. The summed E-state index contributed by atoms with van der Waals surface area (Å²) >= 11 is 0. The van der Waals surface area contributed by atoms with Gasteiger partial charge >= 0.3 is 0 Å². The Morgan fingerprint density at radius 1 is 1.33 bits per heavy atom. The summed E-state index contributed by atoms with van der Waals surface area (Å²) < 4.78 is 18.4. The van der Waals surface area contributed by atoms with Crippen LogP contribution >= 0.6 is 0 Å². The number of methoxy groups -OCH3 is 1. The van der Waals surface area contributed by atoms with Gasteiger partial charge in [-0.2, -0.15) is 0 Å². The molecule has 0 aliphatic heterocycles. The Balaban J connectivity index is 2.07. The van der Waals surface area contributed by atoms with E-state index >= 15 is 0 Å². The molecular weight excluding hydrogens is 231 g/mol. The SMILES string of the molecule is COc1ccc(CNc2cccnc2C)cc1F. The molecule has 0 unspecified atom stereocenters. The summed E-state index contributed by atoms with van der Waals surface area (Å²) in [6.45, 7) is 2.48. The Bertz CT molecular complexity index is 543. The molecular formula is C14H15FN2O. The first-order valence-electron chi connectivity index (χ1n) is 5.68. The highest BCUT2D eigenvalue weighted by molar-refractivity contribution is 5.47. The van der Waals surface area contributed by atoms with E-state index < -0.39 is 0 Å². The third kappa shape index (κ3) is 2.77. The van der Waals surface area contributed by atoms with Crippen molar-refractivity contribution in [3.63, 3.8) is 0 Å². The molecule has 0 atom stereocenters. The monoisotopic (exact) mass is 246 g/mol. The Labute approximate surface area is 106 Å². The van der Waals surface area contributed by atoms with E-state index in [0.29, 0.717) is 6.54 Å². The van der Waals surface area contributed by atoms with Crippen molar-refractivity contribution < 1.29 is 9.13 Å². The van der Waals surface area contributed by atoms with Crippen LogP contribution in [0.15, 0.2) is 36.5 Å². The molecule has 0 aliphatic carbocycles. The van der Waals surface area contributed by atoms with Crippen molar-refractivity contribution in [3.05, 3.63) is 53.6 Å². The Hall–Kier alpha value is -2.10. The molecule has 1 aromatic heterocycles. The van der Waals surface area contributed by atoms with Gasteiger partial charge in [0.25, 0.3) is 0 Å². The molecule has 1 heterocycles. The zero-order valence-electron chi connectivity index (χ0n) is 10.4. The van der Waals surface area contributed by atoms with E-state index in [2.05, 4.69) is 10.3 Å². The van der Waals surface area contributed by atoms with Gasteiger partial charge in [0.1, 0.15) is 0 Å². The smallest absolute Gasteiger partial charge is 0.165 e. The van der Waals surface area contributed by atoms with E-state index in [1.54, 1.807) is 12.3 Å². The summed E-state index contributed by atoms with van der Waals surface area (Å²) in [5, 5.41) is 3.22. The molecule has 18 heavy (non-hydrogen) atoms. The summed E-state index contributed by atoms with van der Waals surface area (Å²) in [5.41, 5.74) is 2.73. The van der Waals surface area contributed by atoms with Gasteiger partial charge < -0.3 is 10.1 Å². The number of anilines is 1. The van der Waals surface area contributed by atoms with E-state index in [9.17, 15) is 4.39 Å². The van der Waals surface area contributed by atoms with Crippen molar-refractivity contribution in [2.45, 2.75) is 13.5 Å². The highest BCUT2D eigenvalue weighted by atomic mass is 19.1. The van der Waals surface area contributed by atoms with Crippen LogP contribution in [0.3, 0.4) is 0 Å². The van der Waals surface area contributed by atoms with Gasteiger partial charge in [-0.25, -0.2) is 4.39 Å². The molecule has 94 valence electrons. The number of ether oxygens (including phenoxy) is 1. The first kappa shape index (κ1) is 12.4. The maximum atomic E-state index is 13.5. The van der Waals surface area contributed by atoms with Crippen molar-refractivity contribution in [2.75, 3.05) is 12.4 Å². The summed E-state index contributed by atoms with van der Waals surface area (Å²) in [5.74, 6) is -0.0870. The van der Waals surface area contributed by atoms with Crippen LogP contribution in [0.4, 0.5) is 10.1 Å². The topological polar surface area (TPSA) is 34.1 Å². The average Bonchev–Trinajstić information content (AvgIpc) is 2.38. The second-order valence-corrected chi connectivity index (χ2v) is 3.96. The van der Waals surface area contributed by atoms with Gasteiger partial charge in [-0.3, -0.25) is 4.98 Å². The van der Waals surface area contributed by atoms with Crippen LogP contribution in [0.25, 0.3) is 0 Å². The highest BCUT2D eigenvalue weighted by Crippen LogP contribution is 2.19.